The summed E-state index contributed by atoms with van der Waals surface area (Å²) in [5.41, 5.74) is 1.32. The van der Waals surface area contributed by atoms with Crippen LogP contribution in [0.5, 0.6) is 0 Å². The van der Waals surface area contributed by atoms with Crippen LogP contribution in [0.1, 0.15) is 29.4 Å². The standard InChI is InChI=1S/C21H19FN4O/c1-21(18-12-23-13-26(18)2)8-7-15-11-24-19(9-16(15)10-21)25-20(27)14-3-5-17(22)6-4-14/h3-7,9-13H,8H2,1-2H3,(H,25,27). The molecule has 4 rings (SSSR count). The summed E-state index contributed by atoms with van der Waals surface area (Å²) >= 11 is 0. The largest absolute Gasteiger partial charge is 0.337 e. The molecule has 2 aromatic heterocycles. The van der Waals surface area contributed by atoms with Crippen LogP contribution in [0, 0.1) is 5.82 Å². The molecule has 6 heteroatoms. The van der Waals surface area contributed by atoms with E-state index in [4.69, 9.17) is 0 Å². The number of hydrogen-bond acceptors (Lipinski definition) is 3. The quantitative estimate of drug-likeness (QED) is 0.777. The molecule has 1 atom stereocenters. The minimum absolute atomic E-state index is 0.183. The molecule has 1 aliphatic rings. The van der Waals surface area contributed by atoms with Crippen molar-refractivity contribution in [1.82, 2.24) is 14.5 Å². The Hall–Kier alpha value is -3.28. The highest BCUT2D eigenvalue weighted by atomic mass is 19.1. The first-order valence-corrected chi connectivity index (χ1v) is 8.67. The van der Waals surface area contributed by atoms with Crippen LogP contribution >= 0.6 is 0 Å². The molecule has 0 fully saturated rings. The van der Waals surface area contributed by atoms with Crippen LogP contribution in [-0.2, 0) is 12.5 Å². The Morgan fingerprint density at radius 2 is 2.00 bits per heavy atom. The van der Waals surface area contributed by atoms with Crippen molar-refractivity contribution in [2.75, 3.05) is 5.32 Å². The van der Waals surface area contributed by atoms with Crippen LogP contribution in [0.4, 0.5) is 10.2 Å². The number of aryl methyl sites for hydroxylation is 1. The van der Waals surface area contributed by atoms with Crippen LogP contribution < -0.4 is 15.8 Å². The van der Waals surface area contributed by atoms with Gasteiger partial charge in [-0.2, -0.15) is 0 Å². The number of aromatic nitrogens is 3. The second kappa shape index (κ2) is 6.46. The maximum absolute atomic E-state index is 13.0. The smallest absolute Gasteiger partial charge is 0.256 e. The van der Waals surface area contributed by atoms with Gasteiger partial charge in [0.1, 0.15) is 11.6 Å². The van der Waals surface area contributed by atoms with Crippen molar-refractivity contribution >= 4 is 23.9 Å². The van der Waals surface area contributed by atoms with E-state index in [9.17, 15) is 9.18 Å². The molecule has 5 nitrogen and oxygen atoms in total. The lowest BCUT2D eigenvalue weighted by Crippen LogP contribution is -2.36. The Bertz CT molecular complexity index is 1130. The van der Waals surface area contributed by atoms with Crippen LogP contribution in [0.2, 0.25) is 0 Å². The number of rotatable bonds is 3. The highest BCUT2D eigenvalue weighted by molar-refractivity contribution is 6.03. The fourth-order valence-electron chi connectivity index (χ4n) is 3.45. The topological polar surface area (TPSA) is 59.8 Å². The Morgan fingerprint density at radius 1 is 1.22 bits per heavy atom. The van der Waals surface area contributed by atoms with E-state index in [0.717, 1.165) is 22.6 Å². The highest BCUT2D eigenvalue weighted by Gasteiger charge is 2.27. The molecule has 27 heavy (non-hydrogen) atoms. The van der Waals surface area contributed by atoms with Crippen molar-refractivity contribution in [3.63, 3.8) is 0 Å². The van der Waals surface area contributed by atoms with E-state index in [1.807, 2.05) is 23.9 Å². The first-order valence-electron chi connectivity index (χ1n) is 8.67. The number of imidazole rings is 1. The molecule has 0 aliphatic heterocycles. The van der Waals surface area contributed by atoms with Gasteiger partial charge in [-0.1, -0.05) is 19.1 Å². The summed E-state index contributed by atoms with van der Waals surface area (Å²) in [4.78, 5) is 20.9. The van der Waals surface area contributed by atoms with Gasteiger partial charge in [-0.05, 0) is 47.2 Å². The Morgan fingerprint density at radius 3 is 2.70 bits per heavy atom. The molecule has 1 N–H and O–H groups in total. The van der Waals surface area contributed by atoms with Gasteiger partial charge in [-0.15, -0.1) is 0 Å². The zero-order valence-electron chi connectivity index (χ0n) is 15.1. The highest BCUT2D eigenvalue weighted by Crippen LogP contribution is 2.30. The van der Waals surface area contributed by atoms with E-state index in [-0.39, 0.29) is 17.1 Å². The first-order chi connectivity index (χ1) is 12.9. The molecule has 1 aliphatic carbocycles. The fraction of sp³-hybridized carbons (Fsp3) is 0.190. The third-order valence-electron chi connectivity index (χ3n) is 4.94. The Labute approximate surface area is 155 Å². The lowest BCUT2D eigenvalue weighted by molar-refractivity contribution is 0.102. The van der Waals surface area contributed by atoms with E-state index in [2.05, 4.69) is 34.4 Å². The molecule has 136 valence electrons. The SMILES string of the molecule is Cn1cncc1C1(C)C=c2cc(NC(=O)c3ccc(F)cc3)ncc2=CC1. The third kappa shape index (κ3) is 3.26. The predicted molar refractivity (Wildman–Crippen MR) is 102 cm³/mol. The number of benzene rings is 1. The number of carbonyl (C=O) groups excluding carboxylic acids is 1. The number of carbonyl (C=O) groups is 1. The molecule has 1 unspecified atom stereocenters. The van der Waals surface area contributed by atoms with Gasteiger partial charge in [-0.25, -0.2) is 14.4 Å². The zero-order chi connectivity index (χ0) is 19.0. The predicted octanol–water partition coefficient (Wildman–Crippen LogP) is 2.13. The van der Waals surface area contributed by atoms with Crippen molar-refractivity contribution in [1.29, 1.82) is 0 Å². The van der Waals surface area contributed by atoms with Crippen LogP contribution in [0.15, 0.2) is 49.1 Å². The normalized spacial score (nSPS) is 18.2. The summed E-state index contributed by atoms with van der Waals surface area (Å²) in [7, 11) is 1.98. The molecule has 3 aromatic rings. The van der Waals surface area contributed by atoms with Crippen LogP contribution in [0.3, 0.4) is 0 Å². The van der Waals surface area contributed by atoms with Gasteiger partial charge >= 0.3 is 0 Å². The average Bonchev–Trinajstić information content (AvgIpc) is 3.09. The number of nitrogens with one attached hydrogen (secondary N) is 1. The molecule has 2 heterocycles. The van der Waals surface area contributed by atoms with Gasteiger partial charge in [-0.3, -0.25) is 4.79 Å². The minimum Gasteiger partial charge on any atom is -0.337 e. The van der Waals surface area contributed by atoms with Gasteiger partial charge in [0.2, 0.25) is 0 Å². The second-order valence-electron chi connectivity index (χ2n) is 7.02. The van der Waals surface area contributed by atoms with Crippen molar-refractivity contribution < 1.29 is 9.18 Å². The number of fused-ring (bicyclic) bond motifs is 1. The Kier molecular flexibility index (Phi) is 4.11. The summed E-state index contributed by atoms with van der Waals surface area (Å²) in [6.45, 7) is 2.17. The van der Waals surface area contributed by atoms with Crippen LogP contribution in [0.25, 0.3) is 12.2 Å². The van der Waals surface area contributed by atoms with E-state index in [0.29, 0.717) is 11.4 Å². The fourth-order valence-corrected chi connectivity index (χ4v) is 3.45. The maximum Gasteiger partial charge on any atom is 0.256 e. The molecule has 0 bridgehead atoms. The second-order valence-corrected chi connectivity index (χ2v) is 7.02. The van der Waals surface area contributed by atoms with Gasteiger partial charge < -0.3 is 9.88 Å². The summed E-state index contributed by atoms with van der Waals surface area (Å²) in [6, 6.07) is 7.28. The van der Waals surface area contributed by atoms with E-state index in [1.165, 1.54) is 24.3 Å². The van der Waals surface area contributed by atoms with Crippen molar-refractivity contribution in [2.24, 2.45) is 7.05 Å². The number of anilines is 1. The van der Waals surface area contributed by atoms with E-state index >= 15 is 0 Å². The molecule has 0 spiro atoms. The first kappa shape index (κ1) is 17.1. The van der Waals surface area contributed by atoms with Crippen molar-refractivity contribution in [2.45, 2.75) is 18.8 Å². The molecular formula is C21H19FN4O. The van der Waals surface area contributed by atoms with Gasteiger partial charge in [0.05, 0.1) is 6.33 Å². The average molecular weight is 362 g/mol. The van der Waals surface area contributed by atoms with E-state index in [1.54, 1.807) is 12.5 Å². The van der Waals surface area contributed by atoms with Gasteiger partial charge in [0.15, 0.2) is 0 Å². The number of halogens is 1. The summed E-state index contributed by atoms with van der Waals surface area (Å²) in [6.07, 6.45) is 10.6. The third-order valence-corrected chi connectivity index (χ3v) is 4.94. The van der Waals surface area contributed by atoms with Crippen LogP contribution in [-0.4, -0.2) is 20.4 Å². The van der Waals surface area contributed by atoms with E-state index < -0.39 is 0 Å². The van der Waals surface area contributed by atoms with Gasteiger partial charge in [0, 0.05) is 36.1 Å². The molecule has 1 amide bonds. The monoisotopic (exact) mass is 362 g/mol. The number of pyridine rings is 1. The number of amides is 1. The molecule has 0 saturated carbocycles. The summed E-state index contributed by atoms with van der Waals surface area (Å²) in [5, 5.41) is 4.82. The molecule has 0 radical (unpaired) electrons. The molecule has 1 aromatic carbocycles. The minimum atomic E-state index is -0.377. The number of nitrogens with zero attached hydrogens (tertiary/aromatic N) is 3. The van der Waals surface area contributed by atoms with Crippen molar-refractivity contribution in [3.05, 3.63) is 76.6 Å². The van der Waals surface area contributed by atoms with Crippen molar-refractivity contribution in [3.8, 4) is 0 Å². The van der Waals surface area contributed by atoms with Gasteiger partial charge in [0.25, 0.3) is 5.91 Å². The summed E-state index contributed by atoms with van der Waals surface area (Å²) in [5.74, 6) is -0.239. The Balaban J connectivity index is 1.66. The maximum atomic E-state index is 13.0. The zero-order valence-corrected chi connectivity index (χ0v) is 15.1. The lowest BCUT2D eigenvalue weighted by atomic mass is 9.80. The lowest BCUT2D eigenvalue weighted by Gasteiger charge is -2.27. The summed E-state index contributed by atoms with van der Waals surface area (Å²) < 4.78 is 15.0. The molecular weight excluding hydrogens is 343 g/mol. The molecule has 0 saturated heterocycles. The number of hydrogen-bond donors (Lipinski definition) is 1.